The van der Waals surface area contributed by atoms with Crippen LogP contribution in [0.2, 0.25) is 10.0 Å². The Morgan fingerprint density at radius 2 is 1.93 bits per heavy atom. The van der Waals surface area contributed by atoms with Crippen LogP contribution < -0.4 is 5.32 Å². The number of para-hydroxylation sites is 1. The third-order valence-electron chi connectivity index (χ3n) is 4.82. The summed E-state index contributed by atoms with van der Waals surface area (Å²) in [5, 5.41) is 17.8. The van der Waals surface area contributed by atoms with Gasteiger partial charge in [0, 0.05) is 40.4 Å². The number of hydrazone groups is 1. The molecule has 1 unspecified atom stereocenters. The maximum Gasteiger partial charge on any atom is 0.328 e. The van der Waals surface area contributed by atoms with Crippen molar-refractivity contribution in [1.82, 2.24) is 5.01 Å². The average molecular weight is 430 g/mol. The molecule has 0 aromatic heterocycles. The normalized spacial score (nSPS) is 20.1. The highest BCUT2D eigenvalue weighted by Crippen LogP contribution is 2.47. The molecule has 2 N–H and O–H groups in total. The van der Waals surface area contributed by atoms with Gasteiger partial charge in [0.1, 0.15) is 0 Å². The third-order valence-corrected chi connectivity index (χ3v) is 5.37. The summed E-state index contributed by atoms with van der Waals surface area (Å²) in [6.45, 7) is 0. The van der Waals surface area contributed by atoms with E-state index in [1.165, 1.54) is 0 Å². The molecule has 0 saturated carbocycles. The van der Waals surface area contributed by atoms with E-state index in [1.807, 2.05) is 0 Å². The van der Waals surface area contributed by atoms with Crippen LogP contribution in [0.15, 0.2) is 59.7 Å². The van der Waals surface area contributed by atoms with Crippen molar-refractivity contribution in [2.24, 2.45) is 5.10 Å². The molecule has 0 aliphatic carbocycles. The maximum atomic E-state index is 13.1. The van der Waals surface area contributed by atoms with Crippen molar-refractivity contribution in [3.63, 3.8) is 0 Å². The molecule has 4 rings (SSSR count). The Kier molecular flexibility index (Phi) is 4.64. The van der Waals surface area contributed by atoms with E-state index in [-0.39, 0.29) is 6.42 Å². The zero-order valence-corrected chi connectivity index (χ0v) is 16.2. The fourth-order valence-electron chi connectivity index (χ4n) is 3.57. The first-order valence-corrected chi connectivity index (χ1v) is 9.27. The number of rotatable bonds is 3. The van der Waals surface area contributed by atoms with Gasteiger partial charge < -0.3 is 10.4 Å². The lowest BCUT2D eigenvalue weighted by Crippen LogP contribution is -2.48. The molecule has 2 aromatic rings. The van der Waals surface area contributed by atoms with Gasteiger partial charge in [-0.1, -0.05) is 47.5 Å². The van der Waals surface area contributed by atoms with Crippen LogP contribution in [0, 0.1) is 0 Å². The van der Waals surface area contributed by atoms with Gasteiger partial charge in [0.05, 0.1) is 10.7 Å². The molecule has 1 spiro atoms. The van der Waals surface area contributed by atoms with Crippen LogP contribution in [0.5, 0.6) is 0 Å². The molecule has 146 valence electrons. The van der Waals surface area contributed by atoms with Gasteiger partial charge in [0.2, 0.25) is 0 Å². The van der Waals surface area contributed by atoms with Gasteiger partial charge in [0.15, 0.2) is 5.54 Å². The first-order valence-electron chi connectivity index (χ1n) is 8.52. The number of benzene rings is 2. The molecule has 2 aliphatic heterocycles. The van der Waals surface area contributed by atoms with Crippen molar-refractivity contribution in [3.05, 3.63) is 75.8 Å². The third kappa shape index (κ3) is 3.08. The van der Waals surface area contributed by atoms with Gasteiger partial charge in [-0.3, -0.25) is 9.59 Å². The van der Waals surface area contributed by atoms with E-state index in [2.05, 4.69) is 10.4 Å². The summed E-state index contributed by atoms with van der Waals surface area (Å²) in [7, 11) is 0. The van der Waals surface area contributed by atoms with E-state index in [0.29, 0.717) is 38.6 Å². The quantitative estimate of drug-likeness (QED) is 0.729. The summed E-state index contributed by atoms with van der Waals surface area (Å²) in [5.74, 6) is -2.45. The lowest BCUT2D eigenvalue weighted by atomic mass is 9.85. The molecular formula is C20H13Cl2N3O4. The molecular weight excluding hydrogens is 417 g/mol. The molecule has 2 aliphatic rings. The molecule has 2 aromatic carbocycles. The Labute approximate surface area is 175 Å². The molecule has 0 saturated heterocycles. The van der Waals surface area contributed by atoms with E-state index in [0.717, 1.165) is 11.1 Å². The number of hydrogen-bond acceptors (Lipinski definition) is 4. The predicted molar refractivity (Wildman–Crippen MR) is 108 cm³/mol. The molecule has 9 heteroatoms. The fourth-order valence-corrected chi connectivity index (χ4v) is 4.09. The second kappa shape index (κ2) is 7.02. The topological polar surface area (TPSA) is 99.1 Å². The molecule has 1 atom stereocenters. The number of anilines is 1. The number of aliphatic carboxylic acids is 1. The minimum atomic E-state index is -1.44. The molecule has 2 amide bonds. The van der Waals surface area contributed by atoms with E-state index in [4.69, 9.17) is 28.3 Å². The molecule has 7 nitrogen and oxygen atoms in total. The van der Waals surface area contributed by atoms with Gasteiger partial charge in [0.25, 0.3) is 11.8 Å². The monoisotopic (exact) mass is 429 g/mol. The number of halogens is 2. The summed E-state index contributed by atoms with van der Waals surface area (Å²) < 4.78 is 0. The van der Waals surface area contributed by atoms with Gasteiger partial charge >= 0.3 is 5.97 Å². The van der Waals surface area contributed by atoms with E-state index >= 15 is 0 Å². The number of amides is 2. The van der Waals surface area contributed by atoms with Crippen LogP contribution in [0.4, 0.5) is 5.69 Å². The number of nitrogens with one attached hydrogen (secondary N) is 1. The van der Waals surface area contributed by atoms with Gasteiger partial charge in [-0.05, 0) is 18.2 Å². The van der Waals surface area contributed by atoms with Gasteiger partial charge in [-0.2, -0.15) is 5.10 Å². The summed E-state index contributed by atoms with van der Waals surface area (Å²) in [5.41, 5.74) is 0.650. The number of carbonyl (C=O) groups is 3. The Balaban J connectivity index is 1.86. The Bertz CT molecular complexity index is 1130. The van der Waals surface area contributed by atoms with Crippen LogP contribution in [0.3, 0.4) is 0 Å². The summed E-state index contributed by atoms with van der Waals surface area (Å²) in [6, 6.07) is 11.8. The van der Waals surface area contributed by atoms with Crippen LogP contribution in [-0.2, 0) is 19.9 Å². The number of hydrogen-bond donors (Lipinski definition) is 2. The number of carboxylic acid groups (broad SMARTS) is 1. The number of carbonyl (C=O) groups excluding carboxylic acids is 2. The minimum absolute atomic E-state index is 0.0733. The predicted octanol–water partition coefficient (Wildman–Crippen LogP) is 3.42. The number of nitrogens with zero attached hydrogens (tertiary/aromatic N) is 2. The Morgan fingerprint density at radius 1 is 1.17 bits per heavy atom. The lowest BCUT2D eigenvalue weighted by molar-refractivity contribution is -0.140. The van der Waals surface area contributed by atoms with Crippen molar-refractivity contribution in [2.45, 2.75) is 12.0 Å². The zero-order chi connectivity index (χ0) is 20.8. The molecule has 0 fully saturated rings. The highest BCUT2D eigenvalue weighted by Gasteiger charge is 2.57. The van der Waals surface area contributed by atoms with Crippen molar-refractivity contribution >= 4 is 52.4 Å². The molecule has 0 radical (unpaired) electrons. The van der Waals surface area contributed by atoms with Crippen molar-refractivity contribution in [2.75, 3.05) is 5.32 Å². The number of carboxylic acids is 1. The largest absolute Gasteiger partial charge is 0.478 e. The standard InChI is InChI=1S/C20H13Cl2N3O4/c21-11-5-6-12(14(22)9-11)16-10-20(25(24-16)17(26)7-8-18(27)28)13-3-1-2-4-15(13)23-19(20)29/h1-9H,10H2,(H,23,29)(H,27,28)/b8-7+. The van der Waals surface area contributed by atoms with Crippen LogP contribution >= 0.6 is 23.2 Å². The van der Waals surface area contributed by atoms with E-state index in [9.17, 15) is 14.4 Å². The molecule has 2 heterocycles. The molecule has 0 bridgehead atoms. The lowest BCUT2D eigenvalue weighted by Gasteiger charge is -2.29. The fraction of sp³-hybridized carbons (Fsp3) is 0.100. The van der Waals surface area contributed by atoms with Crippen LogP contribution in [0.1, 0.15) is 17.5 Å². The van der Waals surface area contributed by atoms with Crippen molar-refractivity contribution in [3.8, 4) is 0 Å². The summed E-state index contributed by atoms with van der Waals surface area (Å²) in [4.78, 5) is 36.7. The van der Waals surface area contributed by atoms with Crippen molar-refractivity contribution < 1.29 is 19.5 Å². The second-order valence-corrected chi connectivity index (χ2v) is 7.37. The maximum absolute atomic E-state index is 13.1. The number of fused-ring (bicyclic) bond motifs is 2. The second-order valence-electron chi connectivity index (χ2n) is 6.53. The minimum Gasteiger partial charge on any atom is -0.478 e. The van der Waals surface area contributed by atoms with Gasteiger partial charge in [-0.15, -0.1) is 0 Å². The summed E-state index contributed by atoms with van der Waals surface area (Å²) in [6.07, 6.45) is 1.65. The van der Waals surface area contributed by atoms with Gasteiger partial charge in [-0.25, -0.2) is 9.80 Å². The highest BCUT2D eigenvalue weighted by atomic mass is 35.5. The van der Waals surface area contributed by atoms with Crippen LogP contribution in [-0.4, -0.2) is 33.6 Å². The Hall–Kier alpha value is -3.16. The SMILES string of the molecule is O=C(O)/C=C/C(=O)N1N=C(c2ccc(Cl)cc2Cl)CC12C(=O)Nc1ccccc12. The first-order chi connectivity index (χ1) is 13.8. The summed E-state index contributed by atoms with van der Waals surface area (Å²) >= 11 is 12.3. The van der Waals surface area contributed by atoms with Crippen LogP contribution in [0.25, 0.3) is 0 Å². The van der Waals surface area contributed by atoms with Crippen molar-refractivity contribution in [1.29, 1.82) is 0 Å². The van der Waals surface area contributed by atoms with E-state index < -0.39 is 23.3 Å². The zero-order valence-electron chi connectivity index (χ0n) is 14.7. The first kappa shape index (κ1) is 19.2. The average Bonchev–Trinajstić information content (AvgIpc) is 3.20. The Morgan fingerprint density at radius 3 is 2.66 bits per heavy atom. The highest BCUT2D eigenvalue weighted by molar-refractivity contribution is 6.37. The smallest absolute Gasteiger partial charge is 0.328 e. The molecule has 29 heavy (non-hydrogen) atoms. The van der Waals surface area contributed by atoms with E-state index in [1.54, 1.807) is 42.5 Å².